The number of para-hydroxylation sites is 2. The summed E-state index contributed by atoms with van der Waals surface area (Å²) in [4.78, 5) is 22.0. The third-order valence-electron chi connectivity index (χ3n) is 5.80. The Balaban J connectivity index is 1.53. The van der Waals surface area contributed by atoms with Crippen molar-refractivity contribution in [1.82, 2.24) is 9.88 Å². The van der Waals surface area contributed by atoms with E-state index in [1.165, 1.54) is 36.3 Å². The number of hydrogen-bond acceptors (Lipinski definition) is 6. The zero-order valence-electron chi connectivity index (χ0n) is 18.8. The highest BCUT2D eigenvalue weighted by Crippen LogP contribution is 2.39. The molecule has 1 amide bonds. The average Bonchev–Trinajstić information content (AvgIpc) is 3.34. The van der Waals surface area contributed by atoms with Crippen LogP contribution in [0.1, 0.15) is 35.3 Å². The number of ether oxygens (including phenoxy) is 2. The summed E-state index contributed by atoms with van der Waals surface area (Å²) in [5.41, 5.74) is 3.64. The largest absolute Gasteiger partial charge is 0.493 e. The highest BCUT2D eigenvalue weighted by atomic mass is 32.1. The molecule has 7 heteroatoms. The van der Waals surface area contributed by atoms with Gasteiger partial charge in [-0.1, -0.05) is 24.3 Å². The van der Waals surface area contributed by atoms with Crippen molar-refractivity contribution in [3.8, 4) is 22.1 Å². The number of nitrogens with zero attached hydrogens (tertiary/aromatic N) is 3. The number of amides is 1. The molecule has 1 aromatic heterocycles. The second-order valence-corrected chi connectivity index (χ2v) is 8.77. The van der Waals surface area contributed by atoms with E-state index in [-0.39, 0.29) is 5.91 Å². The summed E-state index contributed by atoms with van der Waals surface area (Å²) >= 11 is 1.43. The van der Waals surface area contributed by atoms with E-state index < -0.39 is 0 Å². The van der Waals surface area contributed by atoms with Crippen LogP contribution in [0.25, 0.3) is 10.6 Å². The second kappa shape index (κ2) is 10.0. The fourth-order valence-electron chi connectivity index (χ4n) is 4.16. The molecule has 168 valence electrons. The first-order valence-electron chi connectivity index (χ1n) is 10.9. The molecule has 1 aliphatic rings. The van der Waals surface area contributed by atoms with Gasteiger partial charge in [-0.3, -0.25) is 4.79 Å². The number of thiazole rings is 1. The molecule has 2 heterocycles. The van der Waals surface area contributed by atoms with Crippen molar-refractivity contribution in [2.24, 2.45) is 0 Å². The number of benzene rings is 2. The Hall–Kier alpha value is -3.06. The van der Waals surface area contributed by atoms with Crippen molar-refractivity contribution in [2.75, 3.05) is 39.3 Å². The summed E-state index contributed by atoms with van der Waals surface area (Å²) in [7, 11) is 5.05. The first-order chi connectivity index (χ1) is 15.6. The molecule has 0 atom stereocenters. The number of piperidine rings is 1. The van der Waals surface area contributed by atoms with Crippen LogP contribution >= 0.6 is 11.3 Å². The summed E-state index contributed by atoms with van der Waals surface area (Å²) in [6.45, 7) is 2.69. The maximum absolute atomic E-state index is 13.2. The number of anilines is 1. The van der Waals surface area contributed by atoms with Crippen molar-refractivity contribution >= 4 is 22.9 Å². The van der Waals surface area contributed by atoms with Gasteiger partial charge in [0.15, 0.2) is 11.5 Å². The smallest absolute Gasteiger partial charge is 0.273 e. The second-order valence-electron chi connectivity index (χ2n) is 7.92. The molecule has 3 aromatic rings. The molecule has 1 fully saturated rings. The quantitative estimate of drug-likeness (QED) is 0.501. The SMILES string of the molecule is COc1cccc(-c2nc(C(=O)N(C)Cc3ccccc3N3CCCCC3)cs2)c1OC. The summed E-state index contributed by atoms with van der Waals surface area (Å²) in [5.74, 6) is 1.16. The van der Waals surface area contributed by atoms with Crippen molar-refractivity contribution in [3.05, 3.63) is 59.1 Å². The molecule has 1 saturated heterocycles. The highest BCUT2D eigenvalue weighted by Gasteiger charge is 2.21. The lowest BCUT2D eigenvalue weighted by Gasteiger charge is -2.31. The lowest BCUT2D eigenvalue weighted by molar-refractivity contribution is 0.0780. The van der Waals surface area contributed by atoms with Gasteiger partial charge in [-0.15, -0.1) is 11.3 Å². The van der Waals surface area contributed by atoms with Gasteiger partial charge in [-0.05, 0) is 43.0 Å². The van der Waals surface area contributed by atoms with Gasteiger partial charge in [0.2, 0.25) is 0 Å². The molecule has 0 bridgehead atoms. The van der Waals surface area contributed by atoms with Gasteiger partial charge >= 0.3 is 0 Å². The zero-order chi connectivity index (χ0) is 22.5. The Morgan fingerprint density at radius 3 is 2.59 bits per heavy atom. The zero-order valence-corrected chi connectivity index (χ0v) is 19.7. The predicted octanol–water partition coefficient (Wildman–Crippen LogP) is 5.09. The fourth-order valence-corrected chi connectivity index (χ4v) is 4.98. The van der Waals surface area contributed by atoms with Crippen molar-refractivity contribution in [2.45, 2.75) is 25.8 Å². The number of aromatic nitrogens is 1. The van der Waals surface area contributed by atoms with Gasteiger partial charge in [-0.2, -0.15) is 0 Å². The molecule has 0 saturated carbocycles. The molecule has 6 nitrogen and oxygen atoms in total. The minimum Gasteiger partial charge on any atom is -0.493 e. The average molecular weight is 452 g/mol. The van der Waals surface area contributed by atoms with Crippen LogP contribution in [0, 0.1) is 0 Å². The topological polar surface area (TPSA) is 54.9 Å². The minimum atomic E-state index is -0.0946. The lowest BCUT2D eigenvalue weighted by atomic mass is 10.1. The molecule has 0 radical (unpaired) electrons. The van der Waals surface area contributed by atoms with Crippen LogP contribution in [-0.2, 0) is 6.54 Å². The summed E-state index contributed by atoms with van der Waals surface area (Å²) in [6, 6.07) is 14.0. The van der Waals surface area contributed by atoms with E-state index in [2.05, 4.69) is 28.1 Å². The lowest BCUT2D eigenvalue weighted by Crippen LogP contribution is -2.32. The molecular formula is C25H29N3O3S. The van der Waals surface area contributed by atoms with Gasteiger partial charge in [0.1, 0.15) is 10.7 Å². The van der Waals surface area contributed by atoms with Crippen LogP contribution < -0.4 is 14.4 Å². The summed E-state index contributed by atoms with van der Waals surface area (Å²) in [5, 5.41) is 2.54. The third-order valence-corrected chi connectivity index (χ3v) is 6.67. The number of methoxy groups -OCH3 is 2. The van der Waals surface area contributed by atoms with E-state index in [0.717, 1.165) is 29.2 Å². The first-order valence-corrected chi connectivity index (χ1v) is 11.8. The molecule has 4 rings (SSSR count). The Labute approximate surface area is 193 Å². The third kappa shape index (κ3) is 4.58. The molecule has 2 aromatic carbocycles. The van der Waals surface area contributed by atoms with Crippen LogP contribution in [0.15, 0.2) is 47.8 Å². The number of carbonyl (C=O) groups excluding carboxylic acids is 1. The Morgan fingerprint density at radius 2 is 1.84 bits per heavy atom. The predicted molar refractivity (Wildman–Crippen MR) is 129 cm³/mol. The molecular weight excluding hydrogens is 422 g/mol. The van der Waals surface area contributed by atoms with Crippen LogP contribution in [0.3, 0.4) is 0 Å². The number of hydrogen-bond donors (Lipinski definition) is 0. The van der Waals surface area contributed by atoms with Crippen LogP contribution in [-0.4, -0.2) is 50.1 Å². The van der Waals surface area contributed by atoms with Crippen molar-refractivity contribution in [3.63, 3.8) is 0 Å². The van der Waals surface area contributed by atoms with Crippen molar-refractivity contribution in [1.29, 1.82) is 0 Å². The van der Waals surface area contributed by atoms with Crippen LogP contribution in [0.2, 0.25) is 0 Å². The standard InChI is InChI=1S/C25H29N3O3S/c1-27(16-18-10-5-6-12-21(18)28-14-7-4-8-15-28)25(29)20-17-32-24(26-20)19-11-9-13-22(30-2)23(19)31-3/h5-6,9-13,17H,4,7-8,14-16H2,1-3H3. The number of carbonyl (C=O) groups is 1. The fraction of sp³-hybridized carbons (Fsp3) is 0.360. The van der Waals surface area contributed by atoms with Gasteiger partial charge in [0.05, 0.1) is 19.8 Å². The van der Waals surface area contributed by atoms with Crippen LogP contribution in [0.5, 0.6) is 11.5 Å². The molecule has 0 N–H and O–H groups in total. The highest BCUT2D eigenvalue weighted by molar-refractivity contribution is 7.13. The van der Waals surface area contributed by atoms with Gasteiger partial charge in [-0.25, -0.2) is 4.98 Å². The van der Waals surface area contributed by atoms with E-state index >= 15 is 0 Å². The molecule has 1 aliphatic heterocycles. The Kier molecular flexibility index (Phi) is 6.95. The Morgan fingerprint density at radius 1 is 1.06 bits per heavy atom. The summed E-state index contributed by atoms with van der Waals surface area (Å²) < 4.78 is 10.9. The van der Waals surface area contributed by atoms with E-state index in [1.54, 1.807) is 19.1 Å². The summed E-state index contributed by atoms with van der Waals surface area (Å²) in [6.07, 6.45) is 3.73. The number of rotatable bonds is 7. The maximum Gasteiger partial charge on any atom is 0.273 e. The molecule has 0 unspecified atom stereocenters. The molecule has 32 heavy (non-hydrogen) atoms. The van der Waals surface area contributed by atoms with E-state index in [1.807, 2.05) is 36.7 Å². The van der Waals surface area contributed by atoms with Gasteiger partial charge < -0.3 is 19.3 Å². The van der Waals surface area contributed by atoms with Gasteiger partial charge in [0.25, 0.3) is 5.91 Å². The minimum absolute atomic E-state index is 0.0946. The van der Waals surface area contributed by atoms with E-state index in [9.17, 15) is 4.79 Å². The van der Waals surface area contributed by atoms with E-state index in [0.29, 0.717) is 23.7 Å². The van der Waals surface area contributed by atoms with E-state index in [4.69, 9.17) is 9.47 Å². The molecule has 0 spiro atoms. The Bertz CT molecular complexity index is 1080. The maximum atomic E-state index is 13.2. The van der Waals surface area contributed by atoms with Crippen LogP contribution in [0.4, 0.5) is 5.69 Å². The van der Waals surface area contributed by atoms with Gasteiger partial charge in [0, 0.05) is 37.7 Å². The van der Waals surface area contributed by atoms with Crippen molar-refractivity contribution < 1.29 is 14.3 Å². The normalized spacial score (nSPS) is 13.7. The monoisotopic (exact) mass is 451 g/mol. The molecule has 0 aliphatic carbocycles. The first kappa shape index (κ1) is 22.1.